The number of nitrogens with one attached hydrogen (secondary N) is 1. The minimum atomic E-state index is -0.139. The van der Waals surface area contributed by atoms with Gasteiger partial charge in [0.05, 0.1) is 0 Å². The Morgan fingerprint density at radius 3 is 2.88 bits per heavy atom. The zero-order chi connectivity index (χ0) is 17.5. The molecule has 1 fully saturated rings. The summed E-state index contributed by atoms with van der Waals surface area (Å²) in [7, 11) is 0. The Bertz CT molecular complexity index is 680. The second kappa shape index (κ2) is 8.97. The van der Waals surface area contributed by atoms with Crippen LogP contribution in [0.3, 0.4) is 0 Å². The van der Waals surface area contributed by atoms with Crippen molar-refractivity contribution >= 4 is 17.2 Å². The molecule has 1 aliphatic carbocycles. The van der Waals surface area contributed by atoms with Gasteiger partial charge in [-0.1, -0.05) is 17.7 Å². The molecule has 0 bridgehead atoms. The van der Waals surface area contributed by atoms with Gasteiger partial charge in [-0.2, -0.15) is 0 Å². The molecule has 1 N–H and O–H groups in total. The van der Waals surface area contributed by atoms with Crippen LogP contribution in [0.2, 0.25) is 0 Å². The van der Waals surface area contributed by atoms with Crippen molar-refractivity contribution in [2.75, 3.05) is 19.8 Å². The van der Waals surface area contributed by atoms with Crippen molar-refractivity contribution in [1.29, 1.82) is 0 Å². The number of nitrogens with zero attached hydrogens (tertiary/aromatic N) is 1. The molecule has 6 heteroatoms. The Morgan fingerprint density at radius 2 is 2.12 bits per heavy atom. The van der Waals surface area contributed by atoms with Crippen molar-refractivity contribution in [3.05, 3.63) is 45.9 Å². The Kier molecular flexibility index (Phi) is 6.42. The number of aryl methyl sites for hydroxylation is 1. The number of carbonyl (C=O) groups excluding carboxylic acids is 1. The van der Waals surface area contributed by atoms with Gasteiger partial charge in [0.15, 0.2) is 0 Å². The Balaban J connectivity index is 1.34. The van der Waals surface area contributed by atoms with Crippen molar-refractivity contribution < 1.29 is 14.3 Å². The Hall–Kier alpha value is -1.92. The van der Waals surface area contributed by atoms with Crippen LogP contribution in [-0.4, -0.2) is 30.6 Å². The Morgan fingerprint density at radius 1 is 1.32 bits per heavy atom. The molecule has 25 heavy (non-hydrogen) atoms. The maximum absolute atomic E-state index is 12.1. The molecular formula is C19H24N2O3S. The second-order valence-electron chi connectivity index (χ2n) is 6.36. The predicted molar refractivity (Wildman–Crippen MR) is 98.1 cm³/mol. The molecule has 2 aromatic rings. The van der Waals surface area contributed by atoms with E-state index in [1.165, 1.54) is 29.7 Å². The van der Waals surface area contributed by atoms with Crippen molar-refractivity contribution in [2.24, 2.45) is 5.92 Å². The van der Waals surface area contributed by atoms with Gasteiger partial charge in [0.25, 0.3) is 5.91 Å². The molecule has 1 heterocycles. The summed E-state index contributed by atoms with van der Waals surface area (Å²) in [4.78, 5) is 16.4. The summed E-state index contributed by atoms with van der Waals surface area (Å²) in [5.41, 5.74) is 1.64. The maximum Gasteiger partial charge on any atom is 0.270 e. The van der Waals surface area contributed by atoms with Gasteiger partial charge in [-0.25, -0.2) is 4.98 Å². The van der Waals surface area contributed by atoms with Gasteiger partial charge < -0.3 is 14.8 Å². The largest absolute Gasteiger partial charge is 0.486 e. The lowest BCUT2D eigenvalue weighted by Gasteiger charge is -2.05. The number of hydrogen-bond acceptors (Lipinski definition) is 5. The normalized spacial score (nSPS) is 13.6. The fourth-order valence-corrected chi connectivity index (χ4v) is 2.95. The van der Waals surface area contributed by atoms with Gasteiger partial charge in [0.2, 0.25) is 0 Å². The summed E-state index contributed by atoms with van der Waals surface area (Å²) < 4.78 is 11.2. The minimum absolute atomic E-state index is 0.139. The van der Waals surface area contributed by atoms with Crippen LogP contribution in [0.5, 0.6) is 5.75 Å². The number of aromatic nitrogens is 1. The Labute approximate surface area is 152 Å². The fraction of sp³-hybridized carbons (Fsp3) is 0.474. The number of rotatable bonds is 10. The second-order valence-corrected chi connectivity index (χ2v) is 7.30. The third-order valence-corrected chi connectivity index (χ3v) is 4.79. The van der Waals surface area contributed by atoms with E-state index >= 15 is 0 Å². The topological polar surface area (TPSA) is 60.5 Å². The summed E-state index contributed by atoms with van der Waals surface area (Å²) in [6, 6.07) is 7.87. The van der Waals surface area contributed by atoms with Crippen LogP contribution in [0.25, 0.3) is 0 Å². The van der Waals surface area contributed by atoms with Gasteiger partial charge in [-0.15, -0.1) is 11.3 Å². The van der Waals surface area contributed by atoms with Gasteiger partial charge >= 0.3 is 0 Å². The van der Waals surface area contributed by atoms with Crippen LogP contribution in [0.15, 0.2) is 29.6 Å². The van der Waals surface area contributed by atoms with Crippen molar-refractivity contribution in [1.82, 2.24) is 10.3 Å². The lowest BCUT2D eigenvalue weighted by molar-refractivity contribution is 0.0933. The first kappa shape index (κ1) is 17.9. The molecule has 1 aromatic heterocycles. The van der Waals surface area contributed by atoms with Crippen LogP contribution >= 0.6 is 11.3 Å². The quantitative estimate of drug-likeness (QED) is 0.658. The number of amides is 1. The highest BCUT2D eigenvalue weighted by atomic mass is 32.1. The van der Waals surface area contributed by atoms with E-state index in [0.717, 1.165) is 29.7 Å². The number of benzene rings is 1. The summed E-state index contributed by atoms with van der Waals surface area (Å²) >= 11 is 1.44. The van der Waals surface area contributed by atoms with E-state index in [4.69, 9.17) is 9.47 Å². The number of carbonyl (C=O) groups is 1. The van der Waals surface area contributed by atoms with Crippen molar-refractivity contribution in [3.63, 3.8) is 0 Å². The van der Waals surface area contributed by atoms with Crippen LogP contribution in [0.1, 0.15) is 40.3 Å². The predicted octanol–water partition coefficient (Wildman–Crippen LogP) is 3.58. The molecule has 0 unspecified atom stereocenters. The third kappa shape index (κ3) is 6.14. The molecule has 0 spiro atoms. The zero-order valence-corrected chi connectivity index (χ0v) is 15.3. The van der Waals surface area contributed by atoms with E-state index in [2.05, 4.69) is 10.3 Å². The lowest BCUT2D eigenvalue weighted by atomic mass is 10.2. The molecule has 134 valence electrons. The third-order valence-electron chi connectivity index (χ3n) is 3.97. The number of thiazole rings is 1. The van der Waals surface area contributed by atoms with Crippen molar-refractivity contribution in [2.45, 2.75) is 32.8 Å². The molecule has 0 radical (unpaired) electrons. The summed E-state index contributed by atoms with van der Waals surface area (Å²) in [6.07, 6.45) is 3.43. The van der Waals surface area contributed by atoms with Crippen LogP contribution in [0, 0.1) is 12.8 Å². The molecule has 1 saturated carbocycles. The lowest BCUT2D eigenvalue weighted by Crippen LogP contribution is -2.25. The standard InChI is InChI=1S/C19H24N2O3S/c1-14-3-7-16(8-4-14)24-12-18-21-17(13-25-18)19(22)20-9-2-10-23-11-15-5-6-15/h3-4,7-8,13,15H,2,5-6,9-12H2,1H3,(H,20,22). The first-order valence-electron chi connectivity index (χ1n) is 8.70. The van der Waals surface area contributed by atoms with Crippen LogP contribution in [-0.2, 0) is 11.3 Å². The summed E-state index contributed by atoms with van der Waals surface area (Å²) in [5, 5.41) is 5.44. The zero-order valence-electron chi connectivity index (χ0n) is 14.5. The number of ether oxygens (including phenoxy) is 2. The van der Waals surface area contributed by atoms with Crippen LogP contribution < -0.4 is 10.1 Å². The molecular weight excluding hydrogens is 336 g/mol. The van der Waals surface area contributed by atoms with E-state index < -0.39 is 0 Å². The first-order chi connectivity index (χ1) is 12.2. The SMILES string of the molecule is Cc1ccc(OCc2nc(C(=O)NCCCOCC3CC3)cs2)cc1. The molecule has 1 aromatic carbocycles. The first-order valence-corrected chi connectivity index (χ1v) is 9.58. The molecule has 1 amide bonds. The van der Waals surface area contributed by atoms with E-state index in [0.29, 0.717) is 25.5 Å². The highest BCUT2D eigenvalue weighted by molar-refractivity contribution is 7.09. The molecule has 1 aliphatic rings. The highest BCUT2D eigenvalue weighted by Gasteiger charge is 2.20. The number of hydrogen-bond donors (Lipinski definition) is 1. The molecule has 3 rings (SSSR count). The van der Waals surface area contributed by atoms with Gasteiger partial charge in [-0.05, 0) is 44.2 Å². The van der Waals surface area contributed by atoms with Gasteiger partial charge in [0, 0.05) is 25.1 Å². The fourth-order valence-electron chi connectivity index (χ4n) is 2.26. The van der Waals surface area contributed by atoms with Gasteiger partial charge in [-0.3, -0.25) is 4.79 Å². The molecule has 5 nitrogen and oxygen atoms in total. The van der Waals surface area contributed by atoms with E-state index in [9.17, 15) is 4.79 Å². The summed E-state index contributed by atoms with van der Waals surface area (Å²) in [5.74, 6) is 1.45. The molecule has 0 atom stereocenters. The average molecular weight is 360 g/mol. The highest BCUT2D eigenvalue weighted by Crippen LogP contribution is 2.28. The maximum atomic E-state index is 12.1. The summed E-state index contributed by atoms with van der Waals surface area (Å²) in [6.45, 7) is 4.58. The van der Waals surface area contributed by atoms with E-state index in [-0.39, 0.29) is 5.91 Å². The van der Waals surface area contributed by atoms with E-state index in [1.807, 2.05) is 31.2 Å². The van der Waals surface area contributed by atoms with Crippen LogP contribution in [0.4, 0.5) is 0 Å². The smallest absolute Gasteiger partial charge is 0.270 e. The van der Waals surface area contributed by atoms with Gasteiger partial charge in [0.1, 0.15) is 23.1 Å². The van der Waals surface area contributed by atoms with E-state index in [1.54, 1.807) is 5.38 Å². The molecule has 0 saturated heterocycles. The van der Waals surface area contributed by atoms with Crippen molar-refractivity contribution in [3.8, 4) is 5.75 Å². The average Bonchev–Trinajstić information content (AvgIpc) is 3.32. The molecule has 0 aliphatic heterocycles. The monoisotopic (exact) mass is 360 g/mol. The minimum Gasteiger partial charge on any atom is -0.486 e.